The van der Waals surface area contributed by atoms with Crippen molar-refractivity contribution in [3.63, 3.8) is 0 Å². The zero-order valence-electron chi connectivity index (χ0n) is 6.79. The summed E-state index contributed by atoms with van der Waals surface area (Å²) in [4.78, 5) is 3.71. The molecule has 0 aliphatic heterocycles. The maximum absolute atomic E-state index is 5.05. The number of hydrogen-bond acceptors (Lipinski definition) is 5. The molecule has 64 valence electrons. The molecule has 0 spiro atoms. The van der Waals surface area contributed by atoms with Crippen molar-refractivity contribution < 1.29 is 13.3 Å². The van der Waals surface area contributed by atoms with Crippen molar-refractivity contribution in [1.82, 2.24) is 0 Å². The van der Waals surface area contributed by atoms with E-state index in [2.05, 4.69) is 22.4 Å². The molecule has 0 amide bonds. The Labute approximate surface area is 72.5 Å². The minimum atomic E-state index is -2.53. The molecule has 4 nitrogen and oxygen atoms in total. The zero-order valence-corrected chi connectivity index (χ0v) is 8.60. The summed E-state index contributed by atoms with van der Waals surface area (Å²) < 4.78 is 15.2. The van der Waals surface area contributed by atoms with Crippen LogP contribution in [0.2, 0.25) is 0 Å². The van der Waals surface area contributed by atoms with E-state index in [9.17, 15) is 0 Å². The maximum atomic E-state index is 5.05. The van der Waals surface area contributed by atoms with Gasteiger partial charge in [-0.05, 0) is 12.2 Å². The van der Waals surface area contributed by atoms with E-state index >= 15 is 0 Å². The maximum Gasteiger partial charge on any atom is 0.523 e. The Bertz CT molecular complexity index is 148. The van der Waals surface area contributed by atoms with Crippen LogP contribution in [-0.2, 0) is 13.3 Å². The van der Waals surface area contributed by atoms with Gasteiger partial charge in [-0.1, -0.05) is 0 Å². The largest absolute Gasteiger partial charge is 0.523 e. The highest BCUT2D eigenvalue weighted by Gasteiger charge is 2.37. The van der Waals surface area contributed by atoms with Gasteiger partial charge in [0.1, 0.15) is 6.17 Å². The van der Waals surface area contributed by atoms with Crippen LogP contribution in [0.4, 0.5) is 0 Å². The van der Waals surface area contributed by atoms with E-state index in [0.29, 0.717) is 6.17 Å². The molecule has 11 heavy (non-hydrogen) atoms. The number of rotatable bonds is 5. The van der Waals surface area contributed by atoms with Crippen molar-refractivity contribution in [3.8, 4) is 0 Å². The second kappa shape index (κ2) is 5.53. The van der Waals surface area contributed by atoms with Crippen LogP contribution in [0.15, 0.2) is 4.99 Å². The Morgan fingerprint density at radius 1 is 1.27 bits per heavy atom. The summed E-state index contributed by atoms with van der Waals surface area (Å²) in [6.07, 6.45) is 0.319. The summed E-state index contributed by atoms with van der Waals surface area (Å²) in [5, 5.41) is 2.23. The minimum absolute atomic E-state index is 0.319. The van der Waals surface area contributed by atoms with Crippen LogP contribution in [0, 0.1) is 0 Å². The highest BCUT2D eigenvalue weighted by atomic mass is 32.1. The Morgan fingerprint density at radius 2 is 1.73 bits per heavy atom. The first-order valence-electron chi connectivity index (χ1n) is 2.93. The van der Waals surface area contributed by atoms with Crippen molar-refractivity contribution >= 4 is 26.2 Å². The first-order valence-corrected chi connectivity index (χ1v) is 5.27. The van der Waals surface area contributed by atoms with Crippen LogP contribution in [0.3, 0.4) is 0 Å². The SMILES string of the molecule is CO[Si](CN=C=S)(OC)OC. The van der Waals surface area contributed by atoms with Gasteiger partial charge in [-0.3, -0.25) is 0 Å². The van der Waals surface area contributed by atoms with Gasteiger partial charge < -0.3 is 13.3 Å². The second-order valence-corrected chi connectivity index (χ2v) is 4.79. The van der Waals surface area contributed by atoms with Crippen LogP contribution in [-0.4, -0.2) is 41.5 Å². The number of thiocarbonyl (C=S) groups is 1. The van der Waals surface area contributed by atoms with E-state index in [1.165, 1.54) is 21.3 Å². The molecule has 0 unspecified atom stereocenters. The van der Waals surface area contributed by atoms with E-state index in [1.807, 2.05) is 0 Å². The van der Waals surface area contributed by atoms with E-state index in [4.69, 9.17) is 13.3 Å². The van der Waals surface area contributed by atoms with E-state index in [1.54, 1.807) is 0 Å². The van der Waals surface area contributed by atoms with E-state index in [-0.39, 0.29) is 0 Å². The van der Waals surface area contributed by atoms with Crippen LogP contribution in [0.5, 0.6) is 0 Å². The molecule has 0 aromatic rings. The van der Waals surface area contributed by atoms with Gasteiger partial charge in [-0.15, -0.1) is 0 Å². The van der Waals surface area contributed by atoms with Gasteiger partial charge in [0, 0.05) is 21.3 Å². The molecule has 0 atom stereocenters. The van der Waals surface area contributed by atoms with Gasteiger partial charge in [0.15, 0.2) is 0 Å². The predicted octanol–water partition coefficient (Wildman–Crippen LogP) is 0.506. The lowest BCUT2D eigenvalue weighted by atomic mass is 11.4. The predicted molar refractivity (Wildman–Crippen MR) is 46.7 cm³/mol. The Kier molecular flexibility index (Phi) is 5.48. The molecular formula is C5H11NO3SSi. The average molecular weight is 193 g/mol. The summed E-state index contributed by atoms with van der Waals surface area (Å²) in [5.41, 5.74) is 0. The minimum Gasteiger partial charge on any atom is -0.376 e. The number of hydrogen-bond donors (Lipinski definition) is 0. The average Bonchev–Trinajstić information content (AvgIpc) is 2.08. The number of isothiocyanates is 1. The monoisotopic (exact) mass is 193 g/mol. The smallest absolute Gasteiger partial charge is 0.376 e. The fourth-order valence-electron chi connectivity index (χ4n) is 0.573. The third kappa shape index (κ3) is 3.20. The molecule has 0 aromatic heterocycles. The van der Waals surface area contributed by atoms with Crippen LogP contribution >= 0.6 is 12.2 Å². The second-order valence-electron chi connectivity index (χ2n) is 1.70. The molecule has 6 heteroatoms. The Hall–Kier alpha value is -0.103. The molecule has 0 fully saturated rings. The fourth-order valence-corrected chi connectivity index (χ4v) is 1.91. The summed E-state index contributed by atoms with van der Waals surface area (Å²) in [7, 11) is 2.04. The molecule has 0 rings (SSSR count). The molecule has 0 aromatic carbocycles. The summed E-state index contributed by atoms with van der Waals surface area (Å²) >= 11 is 4.40. The fraction of sp³-hybridized carbons (Fsp3) is 0.800. The zero-order chi connectivity index (χ0) is 8.74. The van der Waals surface area contributed by atoms with E-state index in [0.717, 1.165) is 0 Å². The van der Waals surface area contributed by atoms with Gasteiger partial charge in [0.05, 0.1) is 5.16 Å². The summed E-state index contributed by atoms with van der Waals surface area (Å²) in [5.74, 6) is 0. The first kappa shape index (κ1) is 10.9. The Morgan fingerprint density at radius 3 is 2.00 bits per heavy atom. The van der Waals surface area contributed by atoms with Gasteiger partial charge in [0.2, 0.25) is 0 Å². The van der Waals surface area contributed by atoms with Crippen LogP contribution < -0.4 is 0 Å². The topological polar surface area (TPSA) is 40.0 Å². The summed E-state index contributed by atoms with van der Waals surface area (Å²) in [6, 6.07) is 0. The molecule has 0 aliphatic rings. The number of nitrogens with zero attached hydrogens (tertiary/aromatic N) is 1. The first-order chi connectivity index (χ1) is 5.24. The standard InChI is InChI=1S/C5H11NO3SSi/c1-7-11(8-2,9-3)5-6-4-10/h5H2,1-3H3. The number of aliphatic imine (C=N–C) groups is 1. The van der Waals surface area contributed by atoms with Crippen LogP contribution in [0.25, 0.3) is 0 Å². The van der Waals surface area contributed by atoms with Crippen LogP contribution in [0.1, 0.15) is 0 Å². The molecule has 0 radical (unpaired) electrons. The summed E-state index contributed by atoms with van der Waals surface area (Å²) in [6.45, 7) is 0. The van der Waals surface area contributed by atoms with Crippen molar-refractivity contribution in [3.05, 3.63) is 0 Å². The third-order valence-electron chi connectivity index (χ3n) is 1.27. The molecule has 0 heterocycles. The van der Waals surface area contributed by atoms with Gasteiger partial charge in [0.25, 0.3) is 0 Å². The highest BCUT2D eigenvalue weighted by Crippen LogP contribution is 2.05. The molecule has 0 aliphatic carbocycles. The van der Waals surface area contributed by atoms with Crippen molar-refractivity contribution in [2.45, 2.75) is 0 Å². The van der Waals surface area contributed by atoms with Crippen molar-refractivity contribution in [1.29, 1.82) is 0 Å². The lowest BCUT2D eigenvalue weighted by molar-refractivity contribution is 0.125. The normalized spacial score (nSPS) is 10.8. The van der Waals surface area contributed by atoms with Crippen molar-refractivity contribution in [2.24, 2.45) is 4.99 Å². The third-order valence-corrected chi connectivity index (χ3v) is 3.81. The lowest BCUT2D eigenvalue weighted by Gasteiger charge is -2.21. The molecule has 0 saturated heterocycles. The lowest BCUT2D eigenvalue weighted by Crippen LogP contribution is -2.46. The van der Waals surface area contributed by atoms with Gasteiger partial charge in [-0.25, -0.2) is 4.99 Å². The highest BCUT2D eigenvalue weighted by molar-refractivity contribution is 7.78. The van der Waals surface area contributed by atoms with Gasteiger partial charge >= 0.3 is 8.80 Å². The van der Waals surface area contributed by atoms with Gasteiger partial charge in [-0.2, -0.15) is 0 Å². The van der Waals surface area contributed by atoms with Crippen molar-refractivity contribution in [2.75, 3.05) is 27.5 Å². The molecular weight excluding hydrogens is 182 g/mol. The molecule has 0 N–H and O–H groups in total. The quantitative estimate of drug-likeness (QED) is 0.362. The Balaban J connectivity index is 4.15. The molecule has 0 saturated carbocycles. The molecule has 0 bridgehead atoms. The van der Waals surface area contributed by atoms with E-state index < -0.39 is 8.80 Å².